The van der Waals surface area contributed by atoms with Crippen LogP contribution in [0.2, 0.25) is 0 Å². The molecular formula is C16H17NO4. The van der Waals surface area contributed by atoms with Gasteiger partial charge in [-0.05, 0) is 35.9 Å². The fraction of sp³-hybridized carbons (Fsp3) is 0.188. The molecule has 0 spiro atoms. The van der Waals surface area contributed by atoms with E-state index in [1.54, 1.807) is 7.11 Å². The molecule has 0 bridgehead atoms. The van der Waals surface area contributed by atoms with Gasteiger partial charge in [0.05, 0.1) is 25.0 Å². The lowest BCUT2D eigenvalue weighted by Gasteiger charge is -2.10. The molecule has 0 fully saturated rings. The zero-order valence-corrected chi connectivity index (χ0v) is 11.7. The second-order valence-electron chi connectivity index (χ2n) is 4.50. The topological polar surface area (TPSA) is 81.8 Å². The Hall–Kier alpha value is -2.69. The van der Waals surface area contributed by atoms with E-state index in [9.17, 15) is 4.79 Å². The van der Waals surface area contributed by atoms with Gasteiger partial charge in [-0.15, -0.1) is 0 Å². The number of carbonyl (C=O) groups is 1. The number of hydrogen-bond donors (Lipinski definition) is 2. The number of ether oxygens (including phenoxy) is 2. The summed E-state index contributed by atoms with van der Waals surface area (Å²) in [5.74, 6) is 0.191. The van der Waals surface area contributed by atoms with Crippen LogP contribution in [0.4, 0.5) is 5.69 Å². The molecule has 0 saturated carbocycles. The predicted molar refractivity (Wildman–Crippen MR) is 80.0 cm³/mol. The van der Waals surface area contributed by atoms with Gasteiger partial charge < -0.3 is 20.3 Å². The van der Waals surface area contributed by atoms with Gasteiger partial charge in [-0.25, -0.2) is 4.79 Å². The van der Waals surface area contributed by atoms with Crippen LogP contribution in [-0.4, -0.2) is 24.8 Å². The van der Waals surface area contributed by atoms with Gasteiger partial charge in [-0.3, -0.25) is 0 Å². The van der Waals surface area contributed by atoms with Crippen molar-refractivity contribution in [2.75, 3.05) is 19.5 Å². The fourth-order valence-corrected chi connectivity index (χ4v) is 1.86. The molecule has 0 heterocycles. The second kappa shape index (κ2) is 6.65. The maximum Gasteiger partial charge on any atom is 0.335 e. The van der Waals surface area contributed by atoms with Crippen LogP contribution in [0.5, 0.6) is 11.5 Å². The van der Waals surface area contributed by atoms with E-state index in [1.165, 1.54) is 18.2 Å². The van der Waals surface area contributed by atoms with E-state index in [4.69, 9.17) is 20.3 Å². The summed E-state index contributed by atoms with van der Waals surface area (Å²) in [6.45, 7) is 0.416. The Morgan fingerprint density at radius 3 is 2.52 bits per heavy atom. The first-order valence-electron chi connectivity index (χ1n) is 6.48. The van der Waals surface area contributed by atoms with Crippen LogP contribution in [-0.2, 0) is 6.42 Å². The van der Waals surface area contributed by atoms with Crippen molar-refractivity contribution in [3.8, 4) is 11.5 Å². The summed E-state index contributed by atoms with van der Waals surface area (Å²) in [4.78, 5) is 10.9. The highest BCUT2D eigenvalue weighted by Gasteiger charge is 2.07. The average molecular weight is 287 g/mol. The van der Waals surface area contributed by atoms with Crippen molar-refractivity contribution in [1.82, 2.24) is 0 Å². The average Bonchev–Trinajstić information content (AvgIpc) is 2.49. The van der Waals surface area contributed by atoms with Crippen molar-refractivity contribution in [1.29, 1.82) is 0 Å². The van der Waals surface area contributed by atoms with Gasteiger partial charge in [0.2, 0.25) is 0 Å². The molecule has 21 heavy (non-hydrogen) atoms. The molecule has 2 aromatic rings. The van der Waals surface area contributed by atoms with Gasteiger partial charge in [0.1, 0.15) is 11.5 Å². The van der Waals surface area contributed by atoms with E-state index in [-0.39, 0.29) is 5.56 Å². The van der Waals surface area contributed by atoms with Gasteiger partial charge in [0.15, 0.2) is 0 Å². The molecule has 0 unspecified atom stereocenters. The fourth-order valence-electron chi connectivity index (χ4n) is 1.86. The molecule has 0 aliphatic rings. The Balaban J connectivity index is 1.96. The third kappa shape index (κ3) is 3.89. The molecule has 2 rings (SSSR count). The molecule has 0 amide bonds. The maximum absolute atomic E-state index is 10.9. The molecule has 2 aromatic carbocycles. The van der Waals surface area contributed by atoms with Crippen LogP contribution >= 0.6 is 0 Å². The highest BCUT2D eigenvalue weighted by molar-refractivity contribution is 5.89. The first kappa shape index (κ1) is 14.7. The number of nitrogen functional groups attached to an aromatic ring is 1. The summed E-state index contributed by atoms with van der Waals surface area (Å²) in [6, 6.07) is 12.1. The number of anilines is 1. The molecule has 3 N–H and O–H groups in total. The van der Waals surface area contributed by atoms with E-state index in [1.807, 2.05) is 24.3 Å². The smallest absolute Gasteiger partial charge is 0.335 e. The van der Waals surface area contributed by atoms with Gasteiger partial charge in [-0.2, -0.15) is 0 Å². The van der Waals surface area contributed by atoms with Gasteiger partial charge in [-0.1, -0.05) is 12.1 Å². The number of rotatable bonds is 6. The summed E-state index contributed by atoms with van der Waals surface area (Å²) < 4.78 is 10.7. The number of carboxylic acids is 1. The van der Waals surface area contributed by atoms with Crippen LogP contribution in [0.1, 0.15) is 15.9 Å². The summed E-state index contributed by atoms with van der Waals surface area (Å²) in [5, 5.41) is 8.94. The number of methoxy groups -OCH3 is 1. The number of benzene rings is 2. The highest BCUT2D eigenvalue weighted by atomic mass is 16.5. The lowest BCUT2D eigenvalue weighted by molar-refractivity contribution is 0.0696. The largest absolute Gasteiger partial charge is 0.497 e. The molecule has 0 saturated heterocycles. The summed E-state index contributed by atoms with van der Waals surface area (Å²) in [6.07, 6.45) is 0.695. The lowest BCUT2D eigenvalue weighted by Crippen LogP contribution is -2.05. The van der Waals surface area contributed by atoms with Crippen LogP contribution in [0.25, 0.3) is 0 Å². The Morgan fingerprint density at radius 2 is 1.90 bits per heavy atom. The van der Waals surface area contributed by atoms with E-state index in [0.29, 0.717) is 24.5 Å². The first-order chi connectivity index (χ1) is 10.1. The third-order valence-electron chi connectivity index (χ3n) is 3.07. The monoisotopic (exact) mass is 287 g/mol. The lowest BCUT2D eigenvalue weighted by atomic mass is 10.1. The molecule has 0 atom stereocenters. The van der Waals surface area contributed by atoms with Crippen LogP contribution in [0, 0.1) is 0 Å². The summed E-state index contributed by atoms with van der Waals surface area (Å²) in [5.41, 5.74) is 7.46. The second-order valence-corrected chi connectivity index (χ2v) is 4.50. The normalized spacial score (nSPS) is 10.1. The number of aromatic carboxylic acids is 1. The minimum atomic E-state index is -1.00. The zero-order chi connectivity index (χ0) is 15.2. The van der Waals surface area contributed by atoms with Crippen LogP contribution < -0.4 is 15.2 Å². The third-order valence-corrected chi connectivity index (χ3v) is 3.07. The molecule has 0 radical (unpaired) electrons. The number of nitrogens with two attached hydrogens (primary N) is 1. The van der Waals surface area contributed by atoms with Crippen molar-refractivity contribution in [2.45, 2.75) is 6.42 Å². The van der Waals surface area contributed by atoms with E-state index in [2.05, 4.69) is 0 Å². The predicted octanol–water partition coefficient (Wildman–Crippen LogP) is 2.60. The van der Waals surface area contributed by atoms with Crippen molar-refractivity contribution in [3.05, 3.63) is 53.6 Å². The number of hydrogen-bond acceptors (Lipinski definition) is 4. The van der Waals surface area contributed by atoms with Gasteiger partial charge >= 0.3 is 5.97 Å². The molecular weight excluding hydrogens is 270 g/mol. The Morgan fingerprint density at radius 1 is 1.19 bits per heavy atom. The Bertz CT molecular complexity index is 623. The SMILES string of the molecule is COc1ccc(CCOc2cc(C(=O)O)ccc2N)cc1. The molecule has 5 nitrogen and oxygen atoms in total. The minimum Gasteiger partial charge on any atom is -0.497 e. The molecule has 5 heteroatoms. The molecule has 110 valence electrons. The maximum atomic E-state index is 10.9. The molecule has 0 aromatic heterocycles. The van der Waals surface area contributed by atoms with E-state index in [0.717, 1.165) is 11.3 Å². The summed E-state index contributed by atoms with van der Waals surface area (Å²) in [7, 11) is 1.62. The molecule has 0 aliphatic carbocycles. The summed E-state index contributed by atoms with van der Waals surface area (Å²) >= 11 is 0. The Labute approximate surface area is 122 Å². The highest BCUT2D eigenvalue weighted by Crippen LogP contribution is 2.23. The Kier molecular flexibility index (Phi) is 4.66. The van der Waals surface area contributed by atoms with Crippen LogP contribution in [0.3, 0.4) is 0 Å². The number of carboxylic acid groups (broad SMARTS) is 1. The van der Waals surface area contributed by atoms with E-state index < -0.39 is 5.97 Å². The van der Waals surface area contributed by atoms with Gasteiger partial charge in [0, 0.05) is 6.42 Å². The minimum absolute atomic E-state index is 0.156. The zero-order valence-electron chi connectivity index (χ0n) is 11.7. The van der Waals surface area contributed by atoms with Crippen molar-refractivity contribution >= 4 is 11.7 Å². The van der Waals surface area contributed by atoms with Gasteiger partial charge in [0.25, 0.3) is 0 Å². The quantitative estimate of drug-likeness (QED) is 0.798. The van der Waals surface area contributed by atoms with Crippen molar-refractivity contribution < 1.29 is 19.4 Å². The van der Waals surface area contributed by atoms with Crippen molar-refractivity contribution in [3.63, 3.8) is 0 Å². The van der Waals surface area contributed by atoms with E-state index >= 15 is 0 Å². The van der Waals surface area contributed by atoms with Crippen molar-refractivity contribution in [2.24, 2.45) is 0 Å². The standard InChI is InChI=1S/C16H17NO4/c1-20-13-5-2-11(3-6-13)8-9-21-15-10-12(16(18)19)4-7-14(15)17/h2-7,10H,8-9,17H2,1H3,(H,18,19). The van der Waals surface area contributed by atoms with Crippen LogP contribution in [0.15, 0.2) is 42.5 Å². The molecule has 0 aliphatic heterocycles. The first-order valence-corrected chi connectivity index (χ1v) is 6.48.